The van der Waals surface area contributed by atoms with Crippen LogP contribution in [0.3, 0.4) is 0 Å². The SMILES string of the molecule is CC1CN(C(=O)NCc2cn(CC(=O)O)nn2)CC(C)S1. The molecule has 1 aliphatic rings. The van der Waals surface area contributed by atoms with E-state index in [4.69, 9.17) is 5.11 Å². The highest BCUT2D eigenvalue weighted by Gasteiger charge is 2.25. The molecule has 0 aromatic carbocycles. The van der Waals surface area contributed by atoms with Crippen LogP contribution in [0.15, 0.2) is 6.20 Å². The second kappa shape index (κ2) is 6.79. The van der Waals surface area contributed by atoms with Gasteiger partial charge in [-0.2, -0.15) is 11.8 Å². The number of carbonyl (C=O) groups excluding carboxylic acids is 1. The predicted octanol–water partition coefficient (Wildman–Crippen LogP) is 0.398. The highest BCUT2D eigenvalue weighted by Crippen LogP contribution is 2.24. The van der Waals surface area contributed by atoms with Crippen LogP contribution < -0.4 is 5.32 Å². The number of aromatic nitrogens is 3. The van der Waals surface area contributed by atoms with Gasteiger partial charge < -0.3 is 15.3 Å². The first-order chi connectivity index (χ1) is 9.94. The number of nitrogens with zero attached hydrogens (tertiary/aromatic N) is 4. The number of urea groups is 1. The summed E-state index contributed by atoms with van der Waals surface area (Å²) in [5, 5.41) is 19.8. The number of aliphatic carboxylic acids is 1. The molecule has 0 radical (unpaired) electrons. The van der Waals surface area contributed by atoms with Gasteiger partial charge in [0.15, 0.2) is 0 Å². The average Bonchev–Trinajstić information content (AvgIpc) is 2.81. The van der Waals surface area contributed by atoms with E-state index in [2.05, 4.69) is 29.5 Å². The van der Waals surface area contributed by atoms with E-state index in [9.17, 15) is 9.59 Å². The molecule has 2 heterocycles. The number of carboxylic acid groups (broad SMARTS) is 1. The molecule has 0 aliphatic carbocycles. The van der Waals surface area contributed by atoms with Crippen molar-refractivity contribution < 1.29 is 14.7 Å². The van der Waals surface area contributed by atoms with Crippen molar-refractivity contribution in [1.29, 1.82) is 0 Å². The zero-order valence-corrected chi connectivity index (χ0v) is 12.8. The van der Waals surface area contributed by atoms with Gasteiger partial charge in [-0.05, 0) is 0 Å². The van der Waals surface area contributed by atoms with Gasteiger partial charge in [0.05, 0.1) is 12.7 Å². The fraction of sp³-hybridized carbons (Fsp3) is 0.667. The summed E-state index contributed by atoms with van der Waals surface area (Å²) in [7, 11) is 0. The third-order valence-corrected chi connectivity index (χ3v) is 4.24. The molecule has 21 heavy (non-hydrogen) atoms. The van der Waals surface area contributed by atoms with E-state index < -0.39 is 5.97 Å². The lowest BCUT2D eigenvalue weighted by Gasteiger charge is -2.34. The lowest BCUT2D eigenvalue weighted by atomic mass is 10.3. The molecule has 1 fully saturated rings. The first kappa shape index (κ1) is 15.6. The zero-order chi connectivity index (χ0) is 15.4. The van der Waals surface area contributed by atoms with Gasteiger partial charge in [-0.1, -0.05) is 19.1 Å². The van der Waals surface area contributed by atoms with E-state index in [1.165, 1.54) is 10.9 Å². The van der Waals surface area contributed by atoms with Gasteiger partial charge in [-0.15, -0.1) is 5.10 Å². The maximum Gasteiger partial charge on any atom is 0.325 e. The molecule has 116 valence electrons. The number of carboxylic acids is 1. The van der Waals surface area contributed by atoms with Crippen LogP contribution in [-0.4, -0.2) is 60.6 Å². The molecule has 9 heteroatoms. The molecule has 2 amide bonds. The minimum Gasteiger partial charge on any atom is -0.480 e. The number of thioether (sulfide) groups is 1. The quantitative estimate of drug-likeness (QED) is 0.834. The van der Waals surface area contributed by atoms with E-state index in [1.807, 2.05) is 11.8 Å². The molecular formula is C12H19N5O3S. The first-order valence-electron chi connectivity index (χ1n) is 6.73. The molecule has 8 nitrogen and oxygen atoms in total. The van der Waals surface area contributed by atoms with Crippen molar-refractivity contribution in [2.75, 3.05) is 13.1 Å². The zero-order valence-electron chi connectivity index (χ0n) is 12.0. The molecule has 1 aliphatic heterocycles. The average molecular weight is 313 g/mol. The Morgan fingerprint density at radius 3 is 2.71 bits per heavy atom. The van der Waals surface area contributed by atoms with Crippen molar-refractivity contribution in [3.63, 3.8) is 0 Å². The topological polar surface area (TPSA) is 100 Å². The second-order valence-corrected chi connectivity index (χ2v) is 7.00. The molecule has 0 bridgehead atoms. The maximum absolute atomic E-state index is 12.1. The van der Waals surface area contributed by atoms with Crippen LogP contribution in [0.5, 0.6) is 0 Å². The van der Waals surface area contributed by atoms with Gasteiger partial charge >= 0.3 is 12.0 Å². The van der Waals surface area contributed by atoms with Crippen LogP contribution >= 0.6 is 11.8 Å². The third-order valence-electron chi connectivity index (χ3n) is 3.01. The molecule has 2 unspecified atom stereocenters. The van der Waals surface area contributed by atoms with Crippen molar-refractivity contribution in [2.45, 2.75) is 37.4 Å². The van der Waals surface area contributed by atoms with E-state index >= 15 is 0 Å². The predicted molar refractivity (Wildman–Crippen MR) is 78.0 cm³/mol. The van der Waals surface area contributed by atoms with Gasteiger partial charge in [-0.3, -0.25) is 4.79 Å². The highest BCUT2D eigenvalue weighted by atomic mass is 32.2. The summed E-state index contributed by atoms with van der Waals surface area (Å²) < 4.78 is 1.23. The van der Waals surface area contributed by atoms with E-state index in [0.29, 0.717) is 16.2 Å². The molecule has 2 N–H and O–H groups in total. The Morgan fingerprint density at radius 1 is 1.43 bits per heavy atom. The summed E-state index contributed by atoms with van der Waals surface area (Å²) in [6, 6.07) is -0.123. The summed E-state index contributed by atoms with van der Waals surface area (Å²) in [5.74, 6) is -0.982. The van der Waals surface area contributed by atoms with Crippen LogP contribution in [0.1, 0.15) is 19.5 Å². The lowest BCUT2D eigenvalue weighted by molar-refractivity contribution is -0.137. The van der Waals surface area contributed by atoms with E-state index in [-0.39, 0.29) is 19.1 Å². The summed E-state index contributed by atoms with van der Waals surface area (Å²) in [4.78, 5) is 24.4. The Kier molecular flexibility index (Phi) is 5.05. The number of rotatable bonds is 4. The standard InChI is InChI=1S/C12H19N5O3S/c1-8-4-16(5-9(2)21-8)12(20)13-3-10-6-17(15-14-10)7-11(18)19/h6,8-9H,3-5,7H2,1-2H3,(H,13,20)(H,18,19). The third kappa shape index (κ3) is 4.62. The van der Waals surface area contributed by atoms with Gasteiger partial charge in [0.2, 0.25) is 0 Å². The van der Waals surface area contributed by atoms with E-state index in [0.717, 1.165) is 13.1 Å². The van der Waals surface area contributed by atoms with Gasteiger partial charge in [0.25, 0.3) is 0 Å². The molecule has 2 atom stereocenters. The van der Waals surface area contributed by atoms with Crippen LogP contribution in [0.4, 0.5) is 4.79 Å². The first-order valence-corrected chi connectivity index (χ1v) is 7.67. The minimum absolute atomic E-state index is 0.123. The number of amides is 2. The smallest absolute Gasteiger partial charge is 0.325 e. The Labute approximate surface area is 126 Å². The van der Waals surface area contributed by atoms with Gasteiger partial charge in [0.1, 0.15) is 12.2 Å². The lowest BCUT2D eigenvalue weighted by Crippen LogP contribution is -2.48. The number of hydrogen-bond acceptors (Lipinski definition) is 5. The number of nitrogens with one attached hydrogen (secondary N) is 1. The molecular weight excluding hydrogens is 294 g/mol. The second-order valence-electron chi connectivity index (χ2n) is 5.12. The normalized spacial score (nSPS) is 22.1. The molecule has 0 saturated carbocycles. The summed E-state index contributed by atoms with van der Waals surface area (Å²) in [6.07, 6.45) is 1.52. The van der Waals surface area contributed by atoms with Gasteiger partial charge in [0, 0.05) is 23.6 Å². The van der Waals surface area contributed by atoms with Crippen molar-refractivity contribution in [3.8, 4) is 0 Å². The van der Waals surface area contributed by atoms with Crippen LogP contribution in [0.2, 0.25) is 0 Å². The van der Waals surface area contributed by atoms with Crippen LogP contribution in [0, 0.1) is 0 Å². The number of hydrogen-bond donors (Lipinski definition) is 2. The molecule has 2 rings (SSSR count). The minimum atomic E-state index is -0.982. The van der Waals surface area contributed by atoms with Crippen molar-refractivity contribution >= 4 is 23.8 Å². The Morgan fingerprint density at radius 2 is 2.10 bits per heavy atom. The van der Waals surface area contributed by atoms with Crippen molar-refractivity contribution in [3.05, 3.63) is 11.9 Å². The molecule has 0 spiro atoms. The Hall–Kier alpha value is -1.77. The summed E-state index contributed by atoms with van der Waals surface area (Å²) >= 11 is 1.88. The molecule has 1 aromatic rings. The van der Waals surface area contributed by atoms with Crippen LogP contribution in [-0.2, 0) is 17.9 Å². The van der Waals surface area contributed by atoms with E-state index in [1.54, 1.807) is 4.90 Å². The summed E-state index contributed by atoms with van der Waals surface area (Å²) in [6.45, 7) is 5.68. The molecule has 1 saturated heterocycles. The highest BCUT2D eigenvalue weighted by molar-refractivity contribution is 8.00. The fourth-order valence-electron chi connectivity index (χ4n) is 2.26. The van der Waals surface area contributed by atoms with Gasteiger partial charge in [-0.25, -0.2) is 9.48 Å². The Bertz CT molecular complexity index is 511. The largest absolute Gasteiger partial charge is 0.480 e. The number of carbonyl (C=O) groups is 2. The fourth-order valence-corrected chi connectivity index (χ4v) is 3.58. The maximum atomic E-state index is 12.1. The van der Waals surface area contributed by atoms with Crippen molar-refractivity contribution in [2.24, 2.45) is 0 Å². The molecule has 1 aromatic heterocycles. The van der Waals surface area contributed by atoms with Crippen LogP contribution in [0.25, 0.3) is 0 Å². The summed E-state index contributed by atoms with van der Waals surface area (Å²) in [5.41, 5.74) is 0.539. The Balaban J connectivity index is 1.83. The van der Waals surface area contributed by atoms with Crippen molar-refractivity contribution in [1.82, 2.24) is 25.2 Å². The monoisotopic (exact) mass is 313 g/mol.